The largest absolute Gasteiger partial charge is 0.393 e. The molecule has 3 saturated carbocycles. The van der Waals surface area contributed by atoms with Gasteiger partial charge in [0.05, 0.1) is 6.10 Å². The molecule has 1 spiro atoms. The number of nitrogens with zero attached hydrogens (tertiary/aromatic N) is 1. The van der Waals surface area contributed by atoms with E-state index in [9.17, 15) is 5.11 Å². The van der Waals surface area contributed by atoms with Crippen molar-refractivity contribution < 1.29 is 5.11 Å². The maximum absolute atomic E-state index is 10.1. The molecule has 0 saturated heterocycles. The molecule has 3 rings (SSSR count). The van der Waals surface area contributed by atoms with E-state index in [2.05, 4.69) is 25.8 Å². The van der Waals surface area contributed by atoms with E-state index in [1.54, 1.807) is 0 Å². The first-order valence-corrected chi connectivity index (χ1v) is 8.37. The van der Waals surface area contributed by atoms with Crippen molar-refractivity contribution in [3.63, 3.8) is 0 Å². The average molecular weight is 265 g/mol. The van der Waals surface area contributed by atoms with Crippen LogP contribution in [0.3, 0.4) is 0 Å². The summed E-state index contributed by atoms with van der Waals surface area (Å²) in [5, 5.41) is 10.1. The first kappa shape index (κ1) is 13.9. The topological polar surface area (TPSA) is 23.5 Å². The van der Waals surface area contributed by atoms with Gasteiger partial charge in [0.25, 0.3) is 0 Å². The van der Waals surface area contributed by atoms with Crippen molar-refractivity contribution in [2.24, 2.45) is 10.8 Å². The molecule has 0 heterocycles. The van der Waals surface area contributed by atoms with Crippen LogP contribution in [-0.2, 0) is 0 Å². The van der Waals surface area contributed by atoms with Gasteiger partial charge in [-0.1, -0.05) is 19.8 Å². The number of hydrogen-bond acceptors (Lipinski definition) is 2. The zero-order chi connectivity index (χ0) is 13.7. The van der Waals surface area contributed by atoms with Gasteiger partial charge < -0.3 is 5.11 Å². The van der Waals surface area contributed by atoms with E-state index in [1.807, 2.05) is 0 Å². The lowest BCUT2D eigenvalue weighted by molar-refractivity contribution is -0.0393. The van der Waals surface area contributed by atoms with Crippen molar-refractivity contribution in [1.29, 1.82) is 0 Å². The molecular weight excluding hydrogens is 234 g/mol. The van der Waals surface area contributed by atoms with Gasteiger partial charge in [0.2, 0.25) is 0 Å². The lowest BCUT2D eigenvalue weighted by Crippen LogP contribution is -2.54. The summed E-state index contributed by atoms with van der Waals surface area (Å²) in [6.07, 6.45) is 11.6. The Morgan fingerprint density at radius 2 is 1.74 bits per heavy atom. The first-order chi connectivity index (χ1) is 8.97. The lowest BCUT2D eigenvalue weighted by atomic mass is 9.67. The molecule has 19 heavy (non-hydrogen) atoms. The zero-order valence-corrected chi connectivity index (χ0v) is 13.0. The molecule has 3 fully saturated rings. The maximum atomic E-state index is 10.1. The summed E-state index contributed by atoms with van der Waals surface area (Å²) in [5.41, 5.74) is 1.09. The summed E-state index contributed by atoms with van der Waals surface area (Å²) in [5.74, 6) is 0. The molecule has 0 radical (unpaired) electrons. The molecule has 2 heteroatoms. The SMILES string of the molecule is CC(N(C)C1CC(O)CCC12CCCC2)C1(C)CC1. The molecule has 3 aliphatic carbocycles. The van der Waals surface area contributed by atoms with Crippen LogP contribution in [0, 0.1) is 10.8 Å². The molecule has 0 aliphatic heterocycles. The molecule has 0 aromatic rings. The minimum absolute atomic E-state index is 0.0575. The summed E-state index contributed by atoms with van der Waals surface area (Å²) in [7, 11) is 2.33. The second-order valence-electron chi connectivity index (χ2n) is 8.01. The third kappa shape index (κ3) is 2.35. The van der Waals surface area contributed by atoms with Crippen molar-refractivity contribution in [1.82, 2.24) is 4.90 Å². The molecular formula is C17H31NO. The van der Waals surface area contributed by atoms with E-state index in [0.29, 0.717) is 22.9 Å². The smallest absolute Gasteiger partial charge is 0.0555 e. The van der Waals surface area contributed by atoms with Gasteiger partial charge in [0.15, 0.2) is 0 Å². The van der Waals surface area contributed by atoms with Gasteiger partial charge in [0, 0.05) is 12.1 Å². The minimum Gasteiger partial charge on any atom is -0.393 e. The molecule has 0 aromatic carbocycles. The van der Waals surface area contributed by atoms with Gasteiger partial charge in [-0.2, -0.15) is 0 Å². The van der Waals surface area contributed by atoms with Crippen LogP contribution in [0.2, 0.25) is 0 Å². The third-order valence-electron chi connectivity index (χ3n) is 6.93. The van der Waals surface area contributed by atoms with Crippen LogP contribution in [0.4, 0.5) is 0 Å². The fourth-order valence-corrected chi connectivity index (χ4v) is 4.88. The summed E-state index contributed by atoms with van der Waals surface area (Å²) >= 11 is 0. The Hall–Kier alpha value is -0.0800. The second kappa shape index (κ2) is 4.73. The van der Waals surface area contributed by atoms with E-state index in [4.69, 9.17) is 0 Å². The van der Waals surface area contributed by atoms with Crippen LogP contribution in [0.1, 0.15) is 71.6 Å². The second-order valence-corrected chi connectivity index (χ2v) is 8.01. The monoisotopic (exact) mass is 265 g/mol. The Morgan fingerprint density at radius 1 is 1.11 bits per heavy atom. The van der Waals surface area contributed by atoms with Gasteiger partial charge in [-0.05, 0) is 69.7 Å². The molecule has 0 amide bonds. The normalized spacial score (nSPS) is 37.7. The van der Waals surface area contributed by atoms with E-state index in [1.165, 1.54) is 44.9 Å². The Kier molecular flexibility index (Phi) is 3.46. The van der Waals surface area contributed by atoms with Crippen LogP contribution in [0.25, 0.3) is 0 Å². The van der Waals surface area contributed by atoms with Gasteiger partial charge in [-0.25, -0.2) is 0 Å². The minimum atomic E-state index is -0.0575. The van der Waals surface area contributed by atoms with Crippen LogP contribution in [0.15, 0.2) is 0 Å². The van der Waals surface area contributed by atoms with Crippen molar-refractivity contribution in [3.8, 4) is 0 Å². The molecule has 3 aliphatic rings. The molecule has 1 N–H and O–H groups in total. The molecule has 2 nitrogen and oxygen atoms in total. The Morgan fingerprint density at radius 3 is 2.32 bits per heavy atom. The molecule has 110 valence electrons. The van der Waals surface area contributed by atoms with E-state index < -0.39 is 0 Å². The van der Waals surface area contributed by atoms with Crippen molar-refractivity contribution >= 4 is 0 Å². The van der Waals surface area contributed by atoms with E-state index in [-0.39, 0.29) is 6.10 Å². The average Bonchev–Trinajstić information content (AvgIpc) is 2.98. The highest BCUT2D eigenvalue weighted by atomic mass is 16.3. The van der Waals surface area contributed by atoms with Crippen molar-refractivity contribution in [3.05, 3.63) is 0 Å². The quantitative estimate of drug-likeness (QED) is 0.843. The van der Waals surface area contributed by atoms with Gasteiger partial charge in [-0.3, -0.25) is 4.90 Å². The fraction of sp³-hybridized carbons (Fsp3) is 1.00. The zero-order valence-electron chi connectivity index (χ0n) is 13.0. The standard InChI is InChI=1S/C17H31NO/c1-13(16(2)10-11-16)18(3)15-12-14(19)6-9-17(15)7-4-5-8-17/h13-15,19H,4-12H2,1-3H3. The summed E-state index contributed by atoms with van der Waals surface area (Å²) < 4.78 is 0. The Labute approximate surface area is 118 Å². The molecule has 3 atom stereocenters. The van der Waals surface area contributed by atoms with Gasteiger partial charge in [-0.15, -0.1) is 0 Å². The Balaban J connectivity index is 1.78. The first-order valence-electron chi connectivity index (χ1n) is 8.37. The number of rotatable bonds is 3. The Bertz CT molecular complexity index is 330. The lowest BCUT2D eigenvalue weighted by Gasteiger charge is -2.50. The fourth-order valence-electron chi connectivity index (χ4n) is 4.88. The third-order valence-corrected chi connectivity index (χ3v) is 6.93. The van der Waals surface area contributed by atoms with E-state index in [0.717, 1.165) is 12.8 Å². The molecule has 0 aromatic heterocycles. The summed E-state index contributed by atoms with van der Waals surface area (Å²) in [6, 6.07) is 1.28. The van der Waals surface area contributed by atoms with Crippen LogP contribution < -0.4 is 0 Å². The summed E-state index contributed by atoms with van der Waals surface area (Å²) in [6.45, 7) is 4.85. The van der Waals surface area contributed by atoms with Crippen LogP contribution in [-0.4, -0.2) is 35.2 Å². The highest BCUT2D eigenvalue weighted by Gasteiger charge is 2.51. The summed E-state index contributed by atoms with van der Waals surface area (Å²) in [4.78, 5) is 2.65. The molecule has 3 unspecified atom stereocenters. The highest BCUT2D eigenvalue weighted by molar-refractivity contribution is 5.04. The number of aliphatic hydroxyl groups excluding tert-OH is 1. The van der Waals surface area contributed by atoms with Crippen molar-refractivity contribution in [2.75, 3.05) is 7.05 Å². The maximum Gasteiger partial charge on any atom is 0.0555 e. The van der Waals surface area contributed by atoms with E-state index >= 15 is 0 Å². The van der Waals surface area contributed by atoms with Crippen molar-refractivity contribution in [2.45, 2.75) is 89.8 Å². The number of hydrogen-bond donors (Lipinski definition) is 1. The van der Waals surface area contributed by atoms with Crippen LogP contribution in [0.5, 0.6) is 0 Å². The predicted octanol–water partition coefficient (Wildman–Crippen LogP) is 3.58. The van der Waals surface area contributed by atoms with Gasteiger partial charge in [0.1, 0.15) is 0 Å². The predicted molar refractivity (Wildman–Crippen MR) is 79.1 cm³/mol. The van der Waals surface area contributed by atoms with Gasteiger partial charge >= 0.3 is 0 Å². The number of aliphatic hydroxyl groups is 1. The highest BCUT2D eigenvalue weighted by Crippen LogP contribution is 2.54. The molecule has 0 bridgehead atoms. The van der Waals surface area contributed by atoms with Crippen LogP contribution >= 0.6 is 0 Å².